The highest BCUT2D eigenvalue weighted by atomic mass is 16.5. The lowest BCUT2D eigenvalue weighted by molar-refractivity contribution is -0.0342. The Bertz CT molecular complexity index is 1340. The van der Waals surface area contributed by atoms with E-state index in [1.165, 1.54) is 0 Å². The van der Waals surface area contributed by atoms with Crippen LogP contribution in [-0.4, -0.2) is 43.9 Å². The van der Waals surface area contributed by atoms with Crippen LogP contribution < -0.4 is 5.56 Å². The molecule has 2 fully saturated rings. The van der Waals surface area contributed by atoms with Gasteiger partial charge in [0.25, 0.3) is 11.4 Å². The van der Waals surface area contributed by atoms with E-state index in [2.05, 4.69) is 15.1 Å². The van der Waals surface area contributed by atoms with Gasteiger partial charge in [-0.15, -0.1) is 0 Å². The topological polar surface area (TPSA) is 96.7 Å². The molecule has 1 aliphatic carbocycles. The third-order valence-electron chi connectivity index (χ3n) is 6.89. The number of methoxy groups -OCH3 is 1. The Morgan fingerprint density at radius 1 is 1.19 bits per heavy atom. The van der Waals surface area contributed by atoms with Crippen molar-refractivity contribution in [1.82, 2.24) is 24.1 Å². The van der Waals surface area contributed by atoms with Crippen molar-refractivity contribution < 1.29 is 14.0 Å². The Hall–Kier alpha value is -3.04. The first-order valence-corrected chi connectivity index (χ1v) is 11.2. The second-order valence-electron chi connectivity index (χ2n) is 8.68. The summed E-state index contributed by atoms with van der Waals surface area (Å²) in [6.45, 7) is 1.25. The zero-order chi connectivity index (χ0) is 21.7. The van der Waals surface area contributed by atoms with E-state index in [0.29, 0.717) is 29.5 Å². The van der Waals surface area contributed by atoms with Gasteiger partial charge >= 0.3 is 0 Å². The van der Waals surface area contributed by atoms with Crippen LogP contribution in [0.4, 0.5) is 0 Å². The van der Waals surface area contributed by atoms with Crippen LogP contribution in [0.3, 0.4) is 0 Å². The summed E-state index contributed by atoms with van der Waals surface area (Å²) in [7, 11) is 1.68. The van der Waals surface area contributed by atoms with Gasteiger partial charge < -0.3 is 18.6 Å². The molecule has 0 radical (unpaired) electrons. The van der Waals surface area contributed by atoms with E-state index >= 15 is 0 Å². The Morgan fingerprint density at radius 2 is 2.00 bits per heavy atom. The van der Waals surface area contributed by atoms with E-state index in [-0.39, 0.29) is 11.7 Å². The van der Waals surface area contributed by atoms with Crippen molar-refractivity contribution in [3.8, 4) is 11.5 Å². The minimum Gasteiger partial charge on any atom is -0.376 e. The average molecular weight is 435 g/mol. The molecule has 1 aromatic carbocycles. The number of nitrogens with zero attached hydrogens (tertiary/aromatic N) is 5. The molecular formula is C23H25N5O4. The summed E-state index contributed by atoms with van der Waals surface area (Å²) in [5, 5.41) is 4.19. The van der Waals surface area contributed by atoms with Gasteiger partial charge in [0.2, 0.25) is 5.82 Å². The lowest BCUT2D eigenvalue weighted by Crippen LogP contribution is -2.28. The van der Waals surface area contributed by atoms with Crippen molar-refractivity contribution in [2.75, 3.05) is 13.7 Å². The van der Waals surface area contributed by atoms with Gasteiger partial charge in [-0.25, -0.2) is 4.98 Å². The molecule has 0 amide bonds. The highest BCUT2D eigenvalue weighted by Crippen LogP contribution is 2.41. The molecule has 0 N–H and O–H groups in total. The molecule has 32 heavy (non-hydrogen) atoms. The standard InChI is InChI=1S/C23H25N5O4/c1-30-23(10-4-5-11-23)22-25-20(26-32-22)18-19-21(29)27(13-15-7-6-12-31-15)16-8-2-3-9-17(16)28(19)14-24-18/h2-3,8-9,14-15H,4-7,10-13H2,1H3. The third-order valence-corrected chi connectivity index (χ3v) is 6.89. The average Bonchev–Trinajstić information content (AvgIpc) is 3.62. The van der Waals surface area contributed by atoms with Crippen molar-refractivity contribution in [1.29, 1.82) is 0 Å². The summed E-state index contributed by atoms with van der Waals surface area (Å²) in [6.07, 6.45) is 7.45. The van der Waals surface area contributed by atoms with E-state index in [4.69, 9.17) is 14.0 Å². The summed E-state index contributed by atoms with van der Waals surface area (Å²) in [6, 6.07) is 7.84. The van der Waals surface area contributed by atoms with Crippen LogP contribution in [0.1, 0.15) is 44.4 Å². The van der Waals surface area contributed by atoms with Gasteiger partial charge in [0.1, 0.15) is 23.1 Å². The smallest absolute Gasteiger partial charge is 0.277 e. The predicted molar refractivity (Wildman–Crippen MR) is 116 cm³/mol. The van der Waals surface area contributed by atoms with Gasteiger partial charge in [-0.2, -0.15) is 4.98 Å². The molecule has 0 spiro atoms. The molecule has 0 bridgehead atoms. The molecule has 1 saturated heterocycles. The SMILES string of the molecule is COC1(c2nc(-c3ncn4c3c(=O)n(CC3CCCO3)c3ccccc34)no2)CCCC1. The number of aromatic nitrogens is 5. The fourth-order valence-corrected chi connectivity index (χ4v) is 5.16. The van der Waals surface area contributed by atoms with Gasteiger partial charge in [0.05, 0.1) is 23.7 Å². The minimum atomic E-state index is -0.548. The van der Waals surface area contributed by atoms with Crippen molar-refractivity contribution in [3.05, 3.63) is 46.8 Å². The molecular weight excluding hydrogens is 410 g/mol. The monoisotopic (exact) mass is 435 g/mol. The Kier molecular flexibility index (Phi) is 4.62. The van der Waals surface area contributed by atoms with Crippen LogP contribution in [0.5, 0.6) is 0 Å². The number of para-hydroxylation sites is 2. The van der Waals surface area contributed by atoms with Gasteiger partial charge in [0.15, 0.2) is 0 Å². The molecule has 9 nitrogen and oxygen atoms in total. The first-order chi connectivity index (χ1) is 15.7. The molecule has 4 heterocycles. The van der Waals surface area contributed by atoms with Crippen molar-refractivity contribution in [2.45, 2.75) is 56.8 Å². The van der Waals surface area contributed by atoms with E-state index in [0.717, 1.165) is 56.2 Å². The molecule has 1 saturated carbocycles. The molecule has 1 atom stereocenters. The molecule has 166 valence electrons. The second kappa shape index (κ2) is 7.53. The Balaban J connectivity index is 1.52. The van der Waals surface area contributed by atoms with Crippen LogP contribution in [0, 0.1) is 0 Å². The van der Waals surface area contributed by atoms with Gasteiger partial charge in [-0.1, -0.05) is 17.3 Å². The lowest BCUT2D eigenvalue weighted by atomic mass is 10.0. The summed E-state index contributed by atoms with van der Waals surface area (Å²) in [5.41, 5.74) is 1.91. The highest BCUT2D eigenvalue weighted by Gasteiger charge is 2.41. The molecule has 3 aromatic heterocycles. The number of hydrogen-bond donors (Lipinski definition) is 0. The molecule has 9 heteroatoms. The minimum absolute atomic E-state index is 0.0330. The van der Waals surface area contributed by atoms with Crippen molar-refractivity contribution >= 4 is 16.6 Å². The van der Waals surface area contributed by atoms with E-state index in [1.54, 1.807) is 18.0 Å². The van der Waals surface area contributed by atoms with Crippen molar-refractivity contribution in [3.63, 3.8) is 0 Å². The van der Waals surface area contributed by atoms with E-state index < -0.39 is 5.60 Å². The molecule has 4 aromatic rings. The first kappa shape index (κ1) is 19.6. The molecule has 1 aliphatic heterocycles. The maximum absolute atomic E-state index is 13.7. The van der Waals surface area contributed by atoms with Gasteiger partial charge in [-0.3, -0.25) is 9.20 Å². The number of hydrogen-bond acceptors (Lipinski definition) is 7. The molecule has 1 unspecified atom stereocenters. The third kappa shape index (κ3) is 2.91. The van der Waals surface area contributed by atoms with Gasteiger partial charge in [0, 0.05) is 13.7 Å². The van der Waals surface area contributed by atoms with Crippen LogP contribution >= 0.6 is 0 Å². The summed E-state index contributed by atoms with van der Waals surface area (Å²) in [5.74, 6) is 0.760. The number of rotatable bonds is 5. The Labute approximate surface area is 184 Å². The summed E-state index contributed by atoms with van der Waals surface area (Å²) >= 11 is 0. The van der Waals surface area contributed by atoms with Crippen molar-refractivity contribution in [2.24, 2.45) is 0 Å². The fraction of sp³-hybridized carbons (Fsp3) is 0.478. The number of benzene rings is 1. The lowest BCUT2D eigenvalue weighted by Gasteiger charge is -2.21. The van der Waals surface area contributed by atoms with Crippen LogP contribution in [0.2, 0.25) is 0 Å². The van der Waals surface area contributed by atoms with Crippen LogP contribution in [-0.2, 0) is 21.6 Å². The van der Waals surface area contributed by atoms with Crippen LogP contribution in [0.25, 0.3) is 28.1 Å². The zero-order valence-corrected chi connectivity index (χ0v) is 18.0. The maximum atomic E-state index is 13.7. The fourth-order valence-electron chi connectivity index (χ4n) is 5.16. The quantitative estimate of drug-likeness (QED) is 0.474. The predicted octanol–water partition coefficient (Wildman–Crippen LogP) is 3.29. The summed E-state index contributed by atoms with van der Waals surface area (Å²) in [4.78, 5) is 22.9. The molecule has 2 aliphatic rings. The zero-order valence-electron chi connectivity index (χ0n) is 18.0. The summed E-state index contributed by atoms with van der Waals surface area (Å²) < 4.78 is 20.8. The Morgan fingerprint density at radius 3 is 2.75 bits per heavy atom. The molecule has 6 rings (SSSR count). The van der Waals surface area contributed by atoms with E-state index in [9.17, 15) is 4.79 Å². The maximum Gasteiger partial charge on any atom is 0.277 e. The first-order valence-electron chi connectivity index (χ1n) is 11.2. The van der Waals surface area contributed by atoms with Gasteiger partial charge in [-0.05, 0) is 50.7 Å². The van der Waals surface area contributed by atoms with Crippen LogP contribution in [0.15, 0.2) is 39.9 Å². The number of ether oxygens (including phenoxy) is 2. The van der Waals surface area contributed by atoms with E-state index in [1.807, 2.05) is 28.7 Å². The largest absolute Gasteiger partial charge is 0.376 e. The number of imidazole rings is 1. The normalized spacial score (nSPS) is 20.6. The number of fused-ring (bicyclic) bond motifs is 3. The second-order valence-corrected chi connectivity index (χ2v) is 8.68. The highest BCUT2D eigenvalue weighted by molar-refractivity contribution is 5.83.